The molecule has 0 aliphatic carbocycles. The Kier molecular flexibility index (Phi) is 3.28. The van der Waals surface area contributed by atoms with Crippen LogP contribution >= 0.6 is 34.2 Å². The van der Waals surface area contributed by atoms with E-state index in [-0.39, 0.29) is 0 Å². The van der Waals surface area contributed by atoms with Crippen molar-refractivity contribution in [3.8, 4) is 6.07 Å². The van der Waals surface area contributed by atoms with Crippen molar-refractivity contribution in [3.63, 3.8) is 0 Å². The van der Waals surface area contributed by atoms with Crippen LogP contribution in [0.1, 0.15) is 21.5 Å². The molecule has 0 radical (unpaired) electrons. The minimum atomic E-state index is -0.576. The molecule has 0 spiro atoms. The zero-order valence-electron chi connectivity index (χ0n) is 6.77. The van der Waals surface area contributed by atoms with Gasteiger partial charge >= 0.3 is 0 Å². The molecule has 66 valence electrons. The zero-order chi connectivity index (χ0) is 10.0. The van der Waals surface area contributed by atoms with Gasteiger partial charge in [0.15, 0.2) is 0 Å². The Morgan fingerprint density at radius 1 is 1.62 bits per heavy atom. The molecule has 0 saturated heterocycles. The van der Waals surface area contributed by atoms with Crippen molar-refractivity contribution in [3.05, 3.63) is 32.4 Å². The quantitative estimate of drug-likeness (QED) is 0.591. The predicted octanol–water partition coefficient (Wildman–Crippen LogP) is 2.85. The molecule has 0 saturated carbocycles. The summed E-state index contributed by atoms with van der Waals surface area (Å²) < 4.78 is 0.931. The molecule has 4 heteroatoms. The van der Waals surface area contributed by atoms with Crippen molar-refractivity contribution >= 4 is 39.4 Å². The molecule has 0 aliphatic heterocycles. The van der Waals surface area contributed by atoms with E-state index in [0.717, 1.165) is 9.13 Å². The monoisotopic (exact) mass is 305 g/mol. The van der Waals surface area contributed by atoms with Gasteiger partial charge in [0.05, 0.1) is 17.2 Å². The molecular weight excluding hydrogens is 300 g/mol. The van der Waals surface area contributed by atoms with Crippen molar-refractivity contribution in [1.29, 1.82) is 5.26 Å². The van der Waals surface area contributed by atoms with Gasteiger partial charge in [0.25, 0.3) is 5.24 Å². The SMILES string of the molecule is Cc1c(I)ccc(C#N)c1C(=O)Cl. The summed E-state index contributed by atoms with van der Waals surface area (Å²) in [4.78, 5) is 11.0. The van der Waals surface area contributed by atoms with E-state index in [1.54, 1.807) is 19.1 Å². The van der Waals surface area contributed by atoms with Gasteiger partial charge in [-0.2, -0.15) is 5.26 Å². The Morgan fingerprint density at radius 3 is 2.69 bits per heavy atom. The summed E-state index contributed by atoms with van der Waals surface area (Å²) in [6.45, 7) is 1.78. The lowest BCUT2D eigenvalue weighted by atomic mass is 10.0. The van der Waals surface area contributed by atoms with Crippen molar-refractivity contribution in [1.82, 2.24) is 0 Å². The first kappa shape index (κ1) is 10.5. The molecular formula is C9H5ClINO. The number of hydrogen-bond donors (Lipinski definition) is 0. The van der Waals surface area contributed by atoms with E-state index < -0.39 is 5.24 Å². The minimum Gasteiger partial charge on any atom is -0.276 e. The lowest BCUT2D eigenvalue weighted by Crippen LogP contribution is -1.99. The number of nitriles is 1. The van der Waals surface area contributed by atoms with Crippen LogP contribution in [0.2, 0.25) is 0 Å². The fourth-order valence-corrected chi connectivity index (χ4v) is 1.73. The Balaban J connectivity index is 3.53. The van der Waals surface area contributed by atoms with E-state index in [1.165, 1.54) is 0 Å². The third-order valence-electron chi connectivity index (χ3n) is 1.72. The van der Waals surface area contributed by atoms with E-state index >= 15 is 0 Å². The van der Waals surface area contributed by atoms with Gasteiger partial charge in [-0.05, 0) is 58.8 Å². The molecule has 1 rings (SSSR count). The van der Waals surface area contributed by atoms with E-state index in [4.69, 9.17) is 16.9 Å². The third-order valence-corrected chi connectivity index (χ3v) is 3.07. The molecule has 0 amide bonds. The van der Waals surface area contributed by atoms with E-state index in [0.29, 0.717) is 11.1 Å². The number of rotatable bonds is 1. The van der Waals surface area contributed by atoms with Gasteiger partial charge in [0, 0.05) is 3.57 Å². The summed E-state index contributed by atoms with van der Waals surface area (Å²) >= 11 is 7.47. The second kappa shape index (κ2) is 4.07. The first-order chi connectivity index (χ1) is 6.07. The molecule has 0 atom stereocenters. The molecule has 0 N–H and O–H groups in total. The van der Waals surface area contributed by atoms with Gasteiger partial charge in [-0.3, -0.25) is 4.79 Å². The summed E-state index contributed by atoms with van der Waals surface area (Å²) in [7, 11) is 0. The van der Waals surface area contributed by atoms with Gasteiger partial charge in [0.2, 0.25) is 0 Å². The highest BCUT2D eigenvalue weighted by Crippen LogP contribution is 2.21. The predicted molar refractivity (Wildman–Crippen MR) is 58.8 cm³/mol. The maximum absolute atomic E-state index is 11.0. The molecule has 0 bridgehead atoms. The second-order valence-corrected chi connectivity index (χ2v) is 3.99. The summed E-state index contributed by atoms with van der Waals surface area (Å²) in [5.41, 5.74) is 1.41. The molecule has 1 aromatic carbocycles. The Morgan fingerprint density at radius 2 is 2.23 bits per heavy atom. The fraction of sp³-hybridized carbons (Fsp3) is 0.111. The van der Waals surface area contributed by atoms with Crippen LogP contribution in [0.25, 0.3) is 0 Å². The van der Waals surface area contributed by atoms with Crippen LogP contribution in [0.4, 0.5) is 0 Å². The number of hydrogen-bond acceptors (Lipinski definition) is 2. The number of benzene rings is 1. The van der Waals surface area contributed by atoms with Crippen molar-refractivity contribution in [2.45, 2.75) is 6.92 Å². The zero-order valence-corrected chi connectivity index (χ0v) is 9.68. The molecule has 2 nitrogen and oxygen atoms in total. The van der Waals surface area contributed by atoms with Crippen LogP contribution < -0.4 is 0 Å². The number of halogens is 2. The number of nitrogens with zero attached hydrogens (tertiary/aromatic N) is 1. The fourth-order valence-electron chi connectivity index (χ4n) is 1.03. The molecule has 13 heavy (non-hydrogen) atoms. The van der Waals surface area contributed by atoms with Gasteiger partial charge < -0.3 is 0 Å². The highest BCUT2D eigenvalue weighted by molar-refractivity contribution is 14.1. The maximum atomic E-state index is 11.0. The first-order valence-corrected chi connectivity index (χ1v) is 4.92. The normalized spacial score (nSPS) is 9.38. The van der Waals surface area contributed by atoms with Gasteiger partial charge in [-0.1, -0.05) is 0 Å². The lowest BCUT2D eigenvalue weighted by molar-refractivity contribution is 0.108. The van der Waals surface area contributed by atoms with Crippen molar-refractivity contribution in [2.75, 3.05) is 0 Å². The molecule has 0 aliphatic rings. The largest absolute Gasteiger partial charge is 0.276 e. The van der Waals surface area contributed by atoms with Gasteiger partial charge in [-0.15, -0.1) is 0 Å². The standard InChI is InChI=1S/C9H5ClINO/c1-5-7(11)3-2-6(4-12)8(5)9(10)13/h2-3H,1H3. The average molecular weight is 306 g/mol. The number of carbonyl (C=O) groups is 1. The molecule has 1 aromatic rings. The van der Waals surface area contributed by atoms with Gasteiger partial charge in [-0.25, -0.2) is 0 Å². The van der Waals surface area contributed by atoms with Crippen molar-refractivity contribution < 1.29 is 4.79 Å². The molecule has 0 unspecified atom stereocenters. The van der Waals surface area contributed by atoms with Crippen LogP contribution in [0.3, 0.4) is 0 Å². The van der Waals surface area contributed by atoms with Gasteiger partial charge in [0.1, 0.15) is 0 Å². The first-order valence-electron chi connectivity index (χ1n) is 3.47. The topological polar surface area (TPSA) is 40.9 Å². The summed E-state index contributed by atoms with van der Waals surface area (Å²) in [6.07, 6.45) is 0. The average Bonchev–Trinajstić information content (AvgIpc) is 2.08. The van der Waals surface area contributed by atoms with Crippen LogP contribution in [-0.4, -0.2) is 5.24 Å². The molecule has 0 aromatic heterocycles. The molecule has 0 fully saturated rings. The van der Waals surface area contributed by atoms with E-state index in [1.807, 2.05) is 6.07 Å². The maximum Gasteiger partial charge on any atom is 0.254 e. The van der Waals surface area contributed by atoms with Crippen LogP contribution in [0.5, 0.6) is 0 Å². The van der Waals surface area contributed by atoms with Crippen molar-refractivity contribution in [2.24, 2.45) is 0 Å². The summed E-state index contributed by atoms with van der Waals surface area (Å²) in [6, 6.07) is 5.33. The minimum absolute atomic E-state index is 0.316. The smallest absolute Gasteiger partial charge is 0.254 e. The highest BCUT2D eigenvalue weighted by Gasteiger charge is 2.13. The van der Waals surface area contributed by atoms with Crippen LogP contribution in [0.15, 0.2) is 12.1 Å². The van der Waals surface area contributed by atoms with Crippen LogP contribution in [0, 0.1) is 21.8 Å². The number of carbonyl (C=O) groups excluding carboxylic acids is 1. The van der Waals surface area contributed by atoms with E-state index in [2.05, 4.69) is 22.6 Å². The highest BCUT2D eigenvalue weighted by atomic mass is 127. The third kappa shape index (κ3) is 2.01. The Labute approximate surface area is 94.6 Å². The summed E-state index contributed by atoms with van der Waals surface area (Å²) in [5, 5.41) is 8.14. The van der Waals surface area contributed by atoms with Crippen LogP contribution in [-0.2, 0) is 0 Å². The Bertz CT molecular complexity index is 409. The molecule has 0 heterocycles. The van der Waals surface area contributed by atoms with E-state index in [9.17, 15) is 4.79 Å². The second-order valence-electron chi connectivity index (χ2n) is 2.48. The lowest BCUT2D eigenvalue weighted by Gasteiger charge is -2.04. The summed E-state index contributed by atoms with van der Waals surface area (Å²) in [5.74, 6) is 0. The Hall–Kier alpha value is -0.600.